The summed E-state index contributed by atoms with van der Waals surface area (Å²) in [5, 5.41) is 1.16. The standard InChI is InChI=1S/C14H19N3OS.ClH/c1-18-11-4-5-12-13(7-11)19-14(16-12)9-17-6-2-3-10(15)8-17;/h4-5,7,10H,2-3,6,8-9,15H2,1H3;1H. The number of hydrogen-bond acceptors (Lipinski definition) is 5. The Kier molecular flexibility index (Phi) is 5.21. The summed E-state index contributed by atoms with van der Waals surface area (Å²) >= 11 is 1.75. The molecular formula is C14H20ClN3OS. The van der Waals surface area contributed by atoms with Crippen LogP contribution in [-0.2, 0) is 6.54 Å². The van der Waals surface area contributed by atoms with Gasteiger partial charge in [-0.2, -0.15) is 0 Å². The third-order valence-electron chi connectivity index (χ3n) is 3.54. The van der Waals surface area contributed by atoms with Crippen molar-refractivity contribution in [3.8, 4) is 5.75 Å². The maximum atomic E-state index is 6.02. The van der Waals surface area contributed by atoms with Crippen LogP contribution in [0.2, 0.25) is 0 Å². The van der Waals surface area contributed by atoms with Crippen LogP contribution in [0, 0.1) is 0 Å². The maximum Gasteiger partial charge on any atom is 0.120 e. The van der Waals surface area contributed by atoms with Crippen molar-refractivity contribution in [2.75, 3.05) is 20.2 Å². The molecule has 1 aromatic heterocycles. The van der Waals surface area contributed by atoms with E-state index in [4.69, 9.17) is 10.5 Å². The van der Waals surface area contributed by atoms with Crippen molar-refractivity contribution >= 4 is 34.0 Å². The quantitative estimate of drug-likeness (QED) is 0.946. The number of aromatic nitrogens is 1. The lowest BCUT2D eigenvalue weighted by molar-refractivity contribution is 0.201. The van der Waals surface area contributed by atoms with Crippen LogP contribution in [-0.4, -0.2) is 36.1 Å². The summed E-state index contributed by atoms with van der Waals surface area (Å²) < 4.78 is 6.44. The highest BCUT2D eigenvalue weighted by Crippen LogP contribution is 2.27. The molecule has 3 rings (SSSR count). The molecule has 2 heterocycles. The fraction of sp³-hybridized carbons (Fsp3) is 0.500. The van der Waals surface area contributed by atoms with Gasteiger partial charge in [0.1, 0.15) is 10.8 Å². The molecule has 20 heavy (non-hydrogen) atoms. The monoisotopic (exact) mass is 313 g/mol. The molecule has 0 aliphatic carbocycles. The summed E-state index contributed by atoms with van der Waals surface area (Å²) in [6, 6.07) is 6.36. The maximum absolute atomic E-state index is 6.02. The van der Waals surface area contributed by atoms with Crippen LogP contribution in [0.1, 0.15) is 17.8 Å². The smallest absolute Gasteiger partial charge is 0.120 e. The topological polar surface area (TPSA) is 51.4 Å². The van der Waals surface area contributed by atoms with Crippen molar-refractivity contribution in [3.05, 3.63) is 23.2 Å². The molecule has 1 atom stereocenters. The first-order chi connectivity index (χ1) is 9.24. The van der Waals surface area contributed by atoms with E-state index in [1.165, 1.54) is 11.1 Å². The second-order valence-corrected chi connectivity index (χ2v) is 6.19. The number of benzene rings is 1. The summed E-state index contributed by atoms with van der Waals surface area (Å²) in [5.41, 5.74) is 7.07. The Hall–Kier alpha value is -0.880. The predicted octanol–water partition coefficient (Wildman–Crippen LogP) is 2.65. The number of likely N-dealkylation sites (tertiary alicyclic amines) is 1. The highest BCUT2D eigenvalue weighted by atomic mass is 35.5. The van der Waals surface area contributed by atoms with Crippen LogP contribution >= 0.6 is 23.7 Å². The van der Waals surface area contributed by atoms with E-state index < -0.39 is 0 Å². The molecule has 1 unspecified atom stereocenters. The second-order valence-electron chi connectivity index (χ2n) is 5.08. The lowest BCUT2D eigenvalue weighted by Crippen LogP contribution is -2.42. The van der Waals surface area contributed by atoms with E-state index in [0.29, 0.717) is 6.04 Å². The molecule has 2 N–H and O–H groups in total. The number of ether oxygens (including phenoxy) is 1. The highest BCUT2D eigenvalue weighted by molar-refractivity contribution is 7.18. The average molecular weight is 314 g/mol. The SMILES string of the molecule is COc1ccc2nc(CN3CCCC(N)C3)sc2c1.Cl. The van der Waals surface area contributed by atoms with E-state index in [0.717, 1.165) is 42.3 Å². The fourth-order valence-electron chi connectivity index (χ4n) is 2.57. The van der Waals surface area contributed by atoms with Crippen molar-refractivity contribution in [1.82, 2.24) is 9.88 Å². The molecule has 1 aliphatic rings. The van der Waals surface area contributed by atoms with E-state index in [2.05, 4.69) is 16.0 Å². The van der Waals surface area contributed by atoms with Gasteiger partial charge in [0.15, 0.2) is 0 Å². The van der Waals surface area contributed by atoms with Gasteiger partial charge in [-0.25, -0.2) is 4.98 Å². The Morgan fingerprint density at radius 1 is 1.50 bits per heavy atom. The van der Waals surface area contributed by atoms with Crippen molar-refractivity contribution in [3.63, 3.8) is 0 Å². The Bertz CT molecular complexity index is 575. The molecule has 1 fully saturated rings. The average Bonchev–Trinajstić information content (AvgIpc) is 2.79. The van der Waals surface area contributed by atoms with E-state index in [1.807, 2.05) is 12.1 Å². The molecule has 1 saturated heterocycles. The zero-order valence-corrected chi connectivity index (χ0v) is 13.2. The number of thiazole rings is 1. The number of nitrogens with two attached hydrogens (primary N) is 1. The number of rotatable bonds is 3. The van der Waals surface area contributed by atoms with Crippen molar-refractivity contribution in [2.24, 2.45) is 5.73 Å². The van der Waals surface area contributed by atoms with Crippen molar-refractivity contribution in [2.45, 2.75) is 25.4 Å². The first-order valence-corrected chi connectivity index (χ1v) is 7.47. The molecule has 4 nitrogen and oxygen atoms in total. The van der Waals surface area contributed by atoms with Crippen LogP contribution in [0.15, 0.2) is 18.2 Å². The summed E-state index contributed by atoms with van der Waals surface area (Å²) in [6.07, 6.45) is 2.34. The third-order valence-corrected chi connectivity index (χ3v) is 4.54. The molecule has 0 spiro atoms. The summed E-state index contributed by atoms with van der Waals surface area (Å²) in [6.45, 7) is 3.03. The van der Waals surface area contributed by atoms with Crippen molar-refractivity contribution < 1.29 is 4.74 Å². The molecular weight excluding hydrogens is 294 g/mol. The number of hydrogen-bond donors (Lipinski definition) is 1. The van der Waals surface area contributed by atoms with Crippen LogP contribution in [0.5, 0.6) is 5.75 Å². The lowest BCUT2D eigenvalue weighted by Gasteiger charge is -2.29. The minimum atomic E-state index is 0. The number of fused-ring (bicyclic) bond motifs is 1. The zero-order chi connectivity index (χ0) is 13.2. The van der Waals surface area contributed by atoms with E-state index in [9.17, 15) is 0 Å². The largest absolute Gasteiger partial charge is 0.497 e. The summed E-state index contributed by atoms with van der Waals surface area (Å²) in [7, 11) is 1.69. The van der Waals surface area contributed by atoms with Gasteiger partial charge in [0.05, 0.1) is 23.9 Å². The number of piperidine rings is 1. The van der Waals surface area contributed by atoms with Gasteiger partial charge in [0, 0.05) is 12.6 Å². The van der Waals surface area contributed by atoms with Crippen LogP contribution in [0.3, 0.4) is 0 Å². The van der Waals surface area contributed by atoms with Gasteiger partial charge in [-0.05, 0) is 37.6 Å². The van der Waals surface area contributed by atoms with Crippen LogP contribution < -0.4 is 10.5 Å². The number of methoxy groups -OCH3 is 1. The first kappa shape index (κ1) is 15.5. The molecule has 6 heteroatoms. The van der Waals surface area contributed by atoms with Gasteiger partial charge in [0.2, 0.25) is 0 Å². The normalized spacial score (nSPS) is 19.8. The molecule has 0 amide bonds. The Balaban J connectivity index is 0.00000147. The molecule has 1 aliphatic heterocycles. The van der Waals surface area contributed by atoms with E-state index in [1.54, 1.807) is 18.4 Å². The van der Waals surface area contributed by atoms with Crippen molar-refractivity contribution in [1.29, 1.82) is 0 Å². The number of halogens is 1. The fourth-order valence-corrected chi connectivity index (χ4v) is 3.61. The Morgan fingerprint density at radius 2 is 2.35 bits per heavy atom. The van der Waals surface area contributed by atoms with Gasteiger partial charge < -0.3 is 10.5 Å². The first-order valence-electron chi connectivity index (χ1n) is 6.66. The van der Waals surface area contributed by atoms with Gasteiger partial charge >= 0.3 is 0 Å². The third kappa shape index (κ3) is 3.41. The highest BCUT2D eigenvalue weighted by Gasteiger charge is 2.18. The van der Waals surface area contributed by atoms with Crippen LogP contribution in [0.25, 0.3) is 10.2 Å². The lowest BCUT2D eigenvalue weighted by atomic mass is 10.1. The summed E-state index contributed by atoms with van der Waals surface area (Å²) in [5.74, 6) is 0.891. The molecule has 110 valence electrons. The number of nitrogens with zero attached hydrogens (tertiary/aromatic N) is 2. The Morgan fingerprint density at radius 3 is 3.10 bits per heavy atom. The molecule has 1 aromatic carbocycles. The van der Waals surface area contributed by atoms with Gasteiger partial charge in [0.25, 0.3) is 0 Å². The molecule has 0 radical (unpaired) electrons. The molecule has 0 bridgehead atoms. The van der Waals surface area contributed by atoms with Gasteiger partial charge in [-0.3, -0.25) is 4.90 Å². The molecule has 2 aromatic rings. The Labute approximate surface area is 129 Å². The predicted molar refractivity (Wildman–Crippen MR) is 85.9 cm³/mol. The van der Waals surface area contributed by atoms with Gasteiger partial charge in [-0.15, -0.1) is 23.7 Å². The minimum Gasteiger partial charge on any atom is -0.497 e. The van der Waals surface area contributed by atoms with Crippen LogP contribution in [0.4, 0.5) is 0 Å². The molecule has 0 saturated carbocycles. The van der Waals surface area contributed by atoms with E-state index in [-0.39, 0.29) is 12.4 Å². The zero-order valence-electron chi connectivity index (χ0n) is 11.5. The summed E-state index contributed by atoms with van der Waals surface area (Å²) in [4.78, 5) is 7.09. The minimum absolute atomic E-state index is 0. The second kappa shape index (κ2) is 6.72. The van der Waals surface area contributed by atoms with Gasteiger partial charge in [-0.1, -0.05) is 0 Å². The van der Waals surface area contributed by atoms with E-state index >= 15 is 0 Å².